The standard InChI is InChI=1S/C34H42OSi/c1-33(2,3)28-16-13-26(14-17-28)29-19-20-34(4,5)31-18-15-27(22-30(29)31)32(36(6,7)8)21-24-9-11-25(23-35)12-10-24/h9-19,21-22,35H,20,23H2,1-8H3/b32-21-. The summed E-state index contributed by atoms with van der Waals surface area (Å²) in [6.07, 6.45) is 5.86. The molecule has 0 unspecified atom stereocenters. The summed E-state index contributed by atoms with van der Waals surface area (Å²) < 4.78 is 0. The molecule has 1 aliphatic carbocycles. The van der Waals surface area contributed by atoms with Crippen molar-refractivity contribution < 1.29 is 5.11 Å². The van der Waals surface area contributed by atoms with Gasteiger partial charge in [-0.15, -0.1) is 0 Å². The van der Waals surface area contributed by atoms with Crippen LogP contribution in [0.1, 0.15) is 80.0 Å². The quantitative estimate of drug-likeness (QED) is 0.277. The fourth-order valence-electron chi connectivity index (χ4n) is 5.14. The Kier molecular flexibility index (Phi) is 7.07. The minimum absolute atomic E-state index is 0.0807. The highest BCUT2D eigenvalue weighted by Gasteiger charge is 2.30. The van der Waals surface area contributed by atoms with E-state index in [2.05, 4.69) is 121 Å². The van der Waals surface area contributed by atoms with Gasteiger partial charge in [-0.3, -0.25) is 0 Å². The fourth-order valence-corrected chi connectivity index (χ4v) is 6.77. The van der Waals surface area contributed by atoms with Crippen molar-refractivity contribution in [1.29, 1.82) is 0 Å². The third kappa shape index (κ3) is 5.50. The van der Waals surface area contributed by atoms with E-state index in [0.29, 0.717) is 0 Å². The van der Waals surface area contributed by atoms with Crippen molar-refractivity contribution in [3.8, 4) is 0 Å². The van der Waals surface area contributed by atoms with Crippen molar-refractivity contribution in [2.45, 2.75) is 78.1 Å². The lowest BCUT2D eigenvalue weighted by atomic mass is 9.71. The molecule has 0 heterocycles. The van der Waals surface area contributed by atoms with Gasteiger partial charge in [-0.2, -0.15) is 0 Å². The van der Waals surface area contributed by atoms with E-state index in [0.717, 1.165) is 12.0 Å². The second-order valence-corrected chi connectivity index (χ2v) is 18.0. The molecular weight excluding hydrogens is 452 g/mol. The molecule has 0 bridgehead atoms. The Morgan fingerprint density at radius 2 is 1.56 bits per heavy atom. The molecule has 188 valence electrons. The molecule has 0 amide bonds. The third-order valence-corrected chi connectivity index (χ3v) is 9.56. The van der Waals surface area contributed by atoms with Crippen LogP contribution in [0.4, 0.5) is 0 Å². The lowest BCUT2D eigenvalue weighted by molar-refractivity contribution is 0.282. The van der Waals surface area contributed by atoms with E-state index >= 15 is 0 Å². The fraction of sp³-hybridized carbons (Fsp3) is 0.353. The van der Waals surface area contributed by atoms with Crippen molar-refractivity contribution in [1.82, 2.24) is 0 Å². The van der Waals surface area contributed by atoms with Crippen LogP contribution >= 0.6 is 0 Å². The molecule has 0 saturated carbocycles. The summed E-state index contributed by atoms with van der Waals surface area (Å²) in [7, 11) is -1.65. The van der Waals surface area contributed by atoms with Crippen molar-refractivity contribution in [2.24, 2.45) is 0 Å². The molecule has 0 aromatic heterocycles. The van der Waals surface area contributed by atoms with Gasteiger partial charge in [-0.25, -0.2) is 0 Å². The largest absolute Gasteiger partial charge is 0.392 e. The maximum Gasteiger partial charge on any atom is 0.0784 e. The highest BCUT2D eigenvalue weighted by atomic mass is 28.3. The molecular formula is C34H42OSi. The van der Waals surface area contributed by atoms with E-state index in [1.807, 2.05) is 12.1 Å². The SMILES string of the molecule is CC(C)(C)c1ccc(C2=CCC(C)(C)c3ccc(/C(=C/c4ccc(CO)cc4)[Si](C)(C)C)cc32)cc1. The summed E-state index contributed by atoms with van der Waals surface area (Å²) in [4.78, 5) is 0. The number of allylic oxidation sites excluding steroid dienone is 1. The van der Waals surface area contributed by atoms with E-state index in [9.17, 15) is 5.11 Å². The minimum Gasteiger partial charge on any atom is -0.392 e. The van der Waals surface area contributed by atoms with Gasteiger partial charge >= 0.3 is 0 Å². The molecule has 0 radical (unpaired) electrons. The Hall–Kier alpha value is -2.68. The zero-order valence-corrected chi connectivity index (χ0v) is 24.4. The summed E-state index contributed by atoms with van der Waals surface area (Å²) in [5.74, 6) is 0. The molecule has 0 atom stereocenters. The normalized spacial score (nSPS) is 15.9. The first-order chi connectivity index (χ1) is 16.8. The van der Waals surface area contributed by atoms with Crippen LogP contribution in [-0.2, 0) is 17.4 Å². The molecule has 1 nitrogen and oxygen atoms in total. The predicted octanol–water partition coefficient (Wildman–Crippen LogP) is 9.01. The molecule has 2 heteroatoms. The minimum atomic E-state index is -1.65. The van der Waals surface area contributed by atoms with Gasteiger partial charge in [0.1, 0.15) is 0 Å². The Morgan fingerprint density at radius 3 is 2.11 bits per heavy atom. The van der Waals surface area contributed by atoms with Crippen LogP contribution in [-0.4, -0.2) is 13.2 Å². The van der Waals surface area contributed by atoms with Crippen LogP contribution in [0.25, 0.3) is 16.8 Å². The summed E-state index contributed by atoms with van der Waals surface area (Å²) in [6, 6.07) is 24.7. The van der Waals surface area contributed by atoms with Gasteiger partial charge in [0, 0.05) is 0 Å². The molecule has 3 aromatic carbocycles. The molecule has 36 heavy (non-hydrogen) atoms. The van der Waals surface area contributed by atoms with Gasteiger partial charge in [-0.05, 0) is 67.8 Å². The first-order valence-corrected chi connectivity index (χ1v) is 16.7. The Morgan fingerprint density at radius 1 is 0.917 bits per heavy atom. The second-order valence-electron chi connectivity index (χ2n) is 13.0. The summed E-state index contributed by atoms with van der Waals surface area (Å²) in [6.45, 7) is 18.9. The van der Waals surface area contributed by atoms with Crippen LogP contribution in [0, 0.1) is 0 Å². The highest BCUT2D eigenvalue weighted by Crippen LogP contribution is 2.43. The number of rotatable bonds is 5. The van der Waals surface area contributed by atoms with Crippen LogP contribution in [0.5, 0.6) is 0 Å². The van der Waals surface area contributed by atoms with Crippen molar-refractivity contribution in [2.75, 3.05) is 0 Å². The zero-order valence-electron chi connectivity index (χ0n) is 23.4. The van der Waals surface area contributed by atoms with E-state index in [4.69, 9.17) is 0 Å². The Bertz CT molecular complexity index is 1290. The molecule has 0 aliphatic heterocycles. The zero-order chi connectivity index (χ0) is 26.3. The summed E-state index contributed by atoms with van der Waals surface area (Å²) in [5, 5.41) is 10.9. The number of fused-ring (bicyclic) bond motifs is 1. The number of benzene rings is 3. The Balaban J connectivity index is 1.83. The average molecular weight is 495 g/mol. The second kappa shape index (κ2) is 9.65. The van der Waals surface area contributed by atoms with E-state index in [-0.39, 0.29) is 17.4 Å². The number of aliphatic hydroxyl groups excluding tert-OH is 1. The summed E-state index contributed by atoms with van der Waals surface area (Å²) in [5.41, 5.74) is 10.6. The van der Waals surface area contributed by atoms with Gasteiger partial charge in [0.25, 0.3) is 0 Å². The molecule has 0 fully saturated rings. The topological polar surface area (TPSA) is 20.2 Å². The Labute approximate surface area is 219 Å². The van der Waals surface area contributed by atoms with Crippen LogP contribution < -0.4 is 0 Å². The van der Waals surface area contributed by atoms with Crippen LogP contribution in [0.15, 0.2) is 72.8 Å². The predicted molar refractivity (Wildman–Crippen MR) is 160 cm³/mol. The van der Waals surface area contributed by atoms with E-state index in [1.54, 1.807) is 0 Å². The molecule has 0 saturated heterocycles. The van der Waals surface area contributed by atoms with Gasteiger partial charge in [-0.1, -0.05) is 132 Å². The van der Waals surface area contributed by atoms with Gasteiger partial charge in [0.05, 0.1) is 14.7 Å². The van der Waals surface area contributed by atoms with Crippen molar-refractivity contribution in [3.63, 3.8) is 0 Å². The van der Waals surface area contributed by atoms with Crippen LogP contribution in [0.3, 0.4) is 0 Å². The lowest BCUT2D eigenvalue weighted by Crippen LogP contribution is -2.25. The number of hydrogen-bond donors (Lipinski definition) is 1. The van der Waals surface area contributed by atoms with Crippen LogP contribution in [0.2, 0.25) is 19.6 Å². The first kappa shape index (κ1) is 26.4. The lowest BCUT2D eigenvalue weighted by Gasteiger charge is -2.33. The number of aliphatic hydroxyl groups is 1. The number of hydrogen-bond acceptors (Lipinski definition) is 1. The maximum atomic E-state index is 9.43. The molecule has 1 N–H and O–H groups in total. The smallest absolute Gasteiger partial charge is 0.0784 e. The maximum absolute atomic E-state index is 9.43. The van der Waals surface area contributed by atoms with Gasteiger partial charge in [0.2, 0.25) is 0 Å². The summed E-state index contributed by atoms with van der Waals surface area (Å²) >= 11 is 0. The first-order valence-electron chi connectivity index (χ1n) is 13.2. The van der Waals surface area contributed by atoms with Gasteiger partial charge in [0.15, 0.2) is 0 Å². The average Bonchev–Trinajstić information content (AvgIpc) is 2.81. The molecule has 3 aromatic rings. The van der Waals surface area contributed by atoms with E-state index in [1.165, 1.54) is 44.2 Å². The third-order valence-electron chi connectivity index (χ3n) is 7.51. The van der Waals surface area contributed by atoms with Crippen molar-refractivity contribution >= 4 is 24.9 Å². The highest BCUT2D eigenvalue weighted by molar-refractivity contribution is 6.94. The molecule has 1 aliphatic rings. The molecule has 0 spiro atoms. The monoisotopic (exact) mass is 494 g/mol. The molecule has 4 rings (SSSR count). The van der Waals surface area contributed by atoms with Crippen molar-refractivity contribution in [3.05, 3.63) is 112 Å². The van der Waals surface area contributed by atoms with E-state index < -0.39 is 8.07 Å². The van der Waals surface area contributed by atoms with Gasteiger partial charge < -0.3 is 5.11 Å².